The van der Waals surface area contributed by atoms with Crippen LogP contribution in [0.3, 0.4) is 0 Å². The van der Waals surface area contributed by atoms with Crippen LogP contribution in [0.1, 0.15) is 40.3 Å². The van der Waals surface area contributed by atoms with Crippen LogP contribution in [0.15, 0.2) is 83.7 Å². The number of halogens is 1. The summed E-state index contributed by atoms with van der Waals surface area (Å²) in [5, 5.41) is 4.28. The Morgan fingerprint density at radius 1 is 1.03 bits per heavy atom. The third-order valence-electron chi connectivity index (χ3n) is 6.16. The van der Waals surface area contributed by atoms with Gasteiger partial charge in [0.2, 0.25) is 0 Å². The first-order valence-corrected chi connectivity index (χ1v) is 12.1. The lowest BCUT2D eigenvalue weighted by atomic mass is 9.96. The number of aromatic nitrogens is 3. The fraction of sp³-hybridized carbons (Fsp3) is 0.192. The van der Waals surface area contributed by atoms with Crippen LogP contribution in [-0.4, -0.2) is 24.5 Å². The molecule has 1 fully saturated rings. The van der Waals surface area contributed by atoms with Crippen molar-refractivity contribution in [1.82, 2.24) is 24.8 Å². The molecule has 33 heavy (non-hydrogen) atoms. The number of aryl methyl sites for hydroxylation is 1. The zero-order valence-electron chi connectivity index (χ0n) is 18.4. The summed E-state index contributed by atoms with van der Waals surface area (Å²) in [4.78, 5) is 11.2. The van der Waals surface area contributed by atoms with E-state index in [1.54, 1.807) is 6.20 Å². The molecular weight excluding hydrogens is 494 g/mol. The molecule has 1 aliphatic rings. The summed E-state index contributed by atoms with van der Waals surface area (Å²) in [6, 6.07) is 20.6. The third kappa shape index (κ3) is 4.07. The number of nitrogens with zero attached hydrogens (tertiary/aromatic N) is 4. The average molecular weight is 518 g/mol. The van der Waals surface area contributed by atoms with Crippen molar-refractivity contribution in [3.8, 4) is 5.69 Å². The largest absolute Gasteiger partial charge is 0.352 e. The van der Waals surface area contributed by atoms with Crippen LogP contribution in [0.5, 0.6) is 0 Å². The Labute approximate surface area is 207 Å². The number of hydrogen-bond donors (Lipinski definition) is 1. The molecule has 1 saturated heterocycles. The van der Waals surface area contributed by atoms with Gasteiger partial charge in [0.05, 0.1) is 23.5 Å². The van der Waals surface area contributed by atoms with E-state index in [1.165, 1.54) is 17.0 Å². The van der Waals surface area contributed by atoms with Gasteiger partial charge >= 0.3 is 0 Å². The number of rotatable bonds is 5. The van der Waals surface area contributed by atoms with Gasteiger partial charge in [-0.25, -0.2) is 0 Å². The van der Waals surface area contributed by atoms with E-state index >= 15 is 0 Å². The van der Waals surface area contributed by atoms with Crippen LogP contribution in [0, 0.1) is 13.8 Å². The number of hydrogen-bond acceptors (Lipinski definition) is 3. The summed E-state index contributed by atoms with van der Waals surface area (Å²) in [6.07, 6.45) is 5.53. The van der Waals surface area contributed by atoms with Crippen molar-refractivity contribution in [2.75, 3.05) is 0 Å². The molecule has 0 saturated carbocycles. The molecule has 0 radical (unpaired) electrons. The molecule has 0 aliphatic carbocycles. The van der Waals surface area contributed by atoms with Crippen molar-refractivity contribution in [2.24, 2.45) is 0 Å². The minimum atomic E-state index is -0.0523. The van der Waals surface area contributed by atoms with Gasteiger partial charge in [0.15, 0.2) is 5.11 Å². The van der Waals surface area contributed by atoms with E-state index in [4.69, 9.17) is 12.2 Å². The second-order valence-electron chi connectivity index (χ2n) is 8.23. The minimum absolute atomic E-state index is 0.00459. The molecule has 1 aromatic carbocycles. The van der Waals surface area contributed by atoms with Crippen LogP contribution >= 0.6 is 28.1 Å². The summed E-state index contributed by atoms with van der Waals surface area (Å²) in [7, 11) is 0. The highest BCUT2D eigenvalue weighted by Gasteiger charge is 2.41. The van der Waals surface area contributed by atoms with Crippen molar-refractivity contribution < 1.29 is 0 Å². The summed E-state index contributed by atoms with van der Waals surface area (Å²) in [6.45, 7) is 5.01. The SMILES string of the molecule is Cc1cc(C2C(c3ccccn3)NC(=S)N2Cc2cccnc2)c(C)n1-c1ccccc1Br. The van der Waals surface area contributed by atoms with Crippen LogP contribution < -0.4 is 5.32 Å². The van der Waals surface area contributed by atoms with E-state index in [0.29, 0.717) is 6.54 Å². The molecule has 7 heteroatoms. The number of para-hydroxylation sites is 1. The zero-order valence-corrected chi connectivity index (χ0v) is 20.8. The number of benzene rings is 1. The Hall–Kier alpha value is -3.03. The first-order chi connectivity index (χ1) is 16.0. The monoisotopic (exact) mass is 517 g/mol. The van der Waals surface area contributed by atoms with Crippen LogP contribution in [0.2, 0.25) is 0 Å². The normalized spacial score (nSPS) is 17.9. The van der Waals surface area contributed by atoms with Crippen LogP contribution in [0.25, 0.3) is 5.69 Å². The molecular formula is C26H24BrN5S. The van der Waals surface area contributed by atoms with E-state index in [2.05, 4.69) is 90.9 Å². The minimum Gasteiger partial charge on any atom is -0.352 e. The van der Waals surface area contributed by atoms with E-state index in [9.17, 15) is 0 Å². The second-order valence-corrected chi connectivity index (χ2v) is 9.47. The molecule has 4 aromatic rings. The molecule has 1 N–H and O–H groups in total. The highest BCUT2D eigenvalue weighted by Crippen LogP contribution is 2.42. The molecule has 4 heterocycles. The summed E-state index contributed by atoms with van der Waals surface area (Å²) in [5.41, 5.74) is 6.81. The molecule has 3 aromatic heterocycles. The quantitative estimate of drug-likeness (QED) is 0.338. The molecule has 5 rings (SSSR count). The summed E-state index contributed by atoms with van der Waals surface area (Å²) >= 11 is 9.57. The van der Waals surface area contributed by atoms with Crippen molar-refractivity contribution in [1.29, 1.82) is 0 Å². The predicted octanol–water partition coefficient (Wildman–Crippen LogP) is 5.82. The Balaban J connectivity index is 1.63. The Bertz CT molecular complexity index is 1290. The highest BCUT2D eigenvalue weighted by molar-refractivity contribution is 9.10. The van der Waals surface area contributed by atoms with Crippen molar-refractivity contribution in [2.45, 2.75) is 32.5 Å². The van der Waals surface area contributed by atoms with Gasteiger partial charge in [-0.1, -0.05) is 24.3 Å². The van der Waals surface area contributed by atoms with Gasteiger partial charge in [-0.2, -0.15) is 0 Å². The number of thiocarbonyl (C=S) groups is 1. The van der Waals surface area contributed by atoms with Crippen molar-refractivity contribution >= 4 is 33.3 Å². The molecule has 2 atom stereocenters. The lowest BCUT2D eigenvalue weighted by Gasteiger charge is -2.28. The lowest BCUT2D eigenvalue weighted by Crippen LogP contribution is -2.29. The molecule has 0 amide bonds. The van der Waals surface area contributed by atoms with Gasteiger partial charge in [-0.15, -0.1) is 0 Å². The maximum atomic E-state index is 5.84. The number of nitrogens with one attached hydrogen (secondary N) is 1. The van der Waals surface area contributed by atoms with Crippen molar-refractivity contribution in [3.63, 3.8) is 0 Å². The smallest absolute Gasteiger partial charge is 0.170 e. The molecule has 1 aliphatic heterocycles. The summed E-state index contributed by atoms with van der Waals surface area (Å²) < 4.78 is 3.37. The van der Waals surface area contributed by atoms with Gasteiger partial charge in [-0.05, 0) is 89.5 Å². The molecule has 2 unspecified atom stereocenters. The van der Waals surface area contributed by atoms with Gasteiger partial charge in [0.1, 0.15) is 0 Å². The van der Waals surface area contributed by atoms with E-state index in [0.717, 1.165) is 26.5 Å². The molecule has 0 spiro atoms. The van der Waals surface area contributed by atoms with Crippen molar-refractivity contribution in [3.05, 3.63) is 112 Å². The average Bonchev–Trinajstić information content (AvgIpc) is 3.30. The summed E-state index contributed by atoms with van der Waals surface area (Å²) in [5.74, 6) is 0. The highest BCUT2D eigenvalue weighted by atomic mass is 79.9. The maximum Gasteiger partial charge on any atom is 0.170 e. The van der Waals surface area contributed by atoms with Crippen LogP contribution in [-0.2, 0) is 6.54 Å². The lowest BCUT2D eigenvalue weighted by molar-refractivity contribution is 0.310. The zero-order chi connectivity index (χ0) is 22.9. The third-order valence-corrected chi connectivity index (χ3v) is 7.18. The fourth-order valence-corrected chi connectivity index (χ4v) is 5.46. The molecule has 166 valence electrons. The molecule has 0 bridgehead atoms. The Kier molecular flexibility index (Phi) is 6.00. The maximum absolute atomic E-state index is 5.84. The Morgan fingerprint density at radius 3 is 2.58 bits per heavy atom. The Morgan fingerprint density at radius 2 is 1.85 bits per heavy atom. The van der Waals surface area contributed by atoms with E-state index < -0.39 is 0 Å². The number of pyridine rings is 2. The standard InChI is InChI=1S/C26H24BrN5S/c1-17-14-20(18(2)32(17)23-11-4-3-9-21(23)27)25-24(22-10-5-6-13-29-22)30-26(33)31(25)16-19-8-7-12-28-15-19/h3-15,24-25H,16H2,1-2H3,(H,30,33). The van der Waals surface area contributed by atoms with Gasteiger partial charge in [0.25, 0.3) is 0 Å². The first-order valence-electron chi connectivity index (χ1n) is 10.9. The van der Waals surface area contributed by atoms with Gasteiger partial charge in [-0.3, -0.25) is 9.97 Å². The first kappa shape index (κ1) is 21.8. The molecule has 5 nitrogen and oxygen atoms in total. The predicted molar refractivity (Wildman–Crippen MR) is 138 cm³/mol. The van der Waals surface area contributed by atoms with Gasteiger partial charge in [0, 0.05) is 41.0 Å². The van der Waals surface area contributed by atoms with Gasteiger partial charge < -0.3 is 14.8 Å². The van der Waals surface area contributed by atoms with E-state index in [1.807, 2.05) is 36.7 Å². The van der Waals surface area contributed by atoms with E-state index in [-0.39, 0.29) is 12.1 Å². The van der Waals surface area contributed by atoms with Crippen LogP contribution in [0.4, 0.5) is 0 Å². The second kappa shape index (κ2) is 9.08. The topological polar surface area (TPSA) is 46.0 Å². The fourth-order valence-electron chi connectivity index (χ4n) is 4.69.